The first-order valence-electron chi connectivity index (χ1n) is 7.32. The molecule has 0 aromatic heterocycles. The van der Waals surface area contributed by atoms with Gasteiger partial charge in [0.05, 0.1) is 6.10 Å². The second-order valence-corrected chi connectivity index (χ2v) is 6.67. The smallest absolute Gasteiger partial charge is 0.0610 e. The van der Waals surface area contributed by atoms with Crippen LogP contribution in [0.1, 0.15) is 44.7 Å². The molecule has 1 atom stereocenters. The van der Waals surface area contributed by atoms with Crippen molar-refractivity contribution in [1.82, 2.24) is 0 Å². The summed E-state index contributed by atoms with van der Waals surface area (Å²) < 4.78 is 5.34. The van der Waals surface area contributed by atoms with Crippen molar-refractivity contribution < 1.29 is 9.84 Å². The molecule has 2 heteroatoms. The number of rotatable bonds is 3. The van der Waals surface area contributed by atoms with Gasteiger partial charge in [-0.25, -0.2) is 0 Å². The van der Waals surface area contributed by atoms with Gasteiger partial charge in [0.15, 0.2) is 0 Å². The molecule has 1 fully saturated rings. The normalized spacial score (nSPS) is 19.4. The van der Waals surface area contributed by atoms with E-state index in [0.29, 0.717) is 5.92 Å². The zero-order valence-corrected chi connectivity index (χ0v) is 12.4. The Morgan fingerprint density at radius 2 is 1.74 bits per heavy atom. The van der Waals surface area contributed by atoms with Gasteiger partial charge in [-0.3, -0.25) is 0 Å². The number of hydrogen-bond donors (Lipinski definition) is 1. The standard InChI is InChI=1S/C17H26O2/c1-17(2,3)15-6-4-13(5-7-15)12-16(18)14-8-10-19-11-9-14/h4-7,14,16,18H,8-12H2,1-3H3. The Balaban J connectivity index is 1.95. The number of aliphatic hydroxyl groups is 1. The quantitative estimate of drug-likeness (QED) is 0.905. The highest BCUT2D eigenvalue weighted by atomic mass is 16.5. The highest BCUT2D eigenvalue weighted by molar-refractivity contribution is 5.27. The first-order chi connectivity index (χ1) is 8.97. The van der Waals surface area contributed by atoms with E-state index in [1.54, 1.807) is 0 Å². The molecule has 0 spiro atoms. The topological polar surface area (TPSA) is 29.5 Å². The van der Waals surface area contributed by atoms with E-state index in [0.717, 1.165) is 32.5 Å². The van der Waals surface area contributed by atoms with Crippen LogP contribution >= 0.6 is 0 Å². The van der Waals surface area contributed by atoms with Gasteiger partial charge in [-0.2, -0.15) is 0 Å². The van der Waals surface area contributed by atoms with Crippen molar-refractivity contribution in [3.05, 3.63) is 35.4 Å². The van der Waals surface area contributed by atoms with Crippen LogP contribution in [0, 0.1) is 5.92 Å². The van der Waals surface area contributed by atoms with E-state index >= 15 is 0 Å². The number of ether oxygens (including phenoxy) is 1. The summed E-state index contributed by atoms with van der Waals surface area (Å²) in [6.45, 7) is 8.26. The van der Waals surface area contributed by atoms with Crippen molar-refractivity contribution in [2.75, 3.05) is 13.2 Å². The lowest BCUT2D eigenvalue weighted by Gasteiger charge is -2.27. The number of benzene rings is 1. The van der Waals surface area contributed by atoms with Gasteiger partial charge in [-0.1, -0.05) is 45.0 Å². The van der Waals surface area contributed by atoms with Gasteiger partial charge in [-0.15, -0.1) is 0 Å². The minimum Gasteiger partial charge on any atom is -0.392 e. The lowest BCUT2D eigenvalue weighted by Crippen LogP contribution is -2.28. The lowest BCUT2D eigenvalue weighted by molar-refractivity contribution is 0.00839. The zero-order valence-electron chi connectivity index (χ0n) is 12.4. The summed E-state index contributed by atoms with van der Waals surface area (Å²) in [4.78, 5) is 0. The first kappa shape index (κ1) is 14.5. The minimum absolute atomic E-state index is 0.192. The summed E-state index contributed by atoms with van der Waals surface area (Å²) in [7, 11) is 0. The molecule has 1 N–H and O–H groups in total. The Morgan fingerprint density at radius 1 is 1.16 bits per heavy atom. The average molecular weight is 262 g/mol. The third-order valence-corrected chi connectivity index (χ3v) is 4.07. The van der Waals surface area contributed by atoms with Gasteiger partial charge >= 0.3 is 0 Å². The van der Waals surface area contributed by atoms with Crippen LogP contribution < -0.4 is 0 Å². The Hall–Kier alpha value is -0.860. The Morgan fingerprint density at radius 3 is 2.26 bits per heavy atom. The number of aliphatic hydroxyl groups excluding tert-OH is 1. The maximum absolute atomic E-state index is 10.3. The van der Waals surface area contributed by atoms with Crippen LogP contribution in [0.2, 0.25) is 0 Å². The molecule has 0 radical (unpaired) electrons. The van der Waals surface area contributed by atoms with E-state index in [4.69, 9.17) is 4.74 Å². The molecule has 1 aromatic rings. The summed E-state index contributed by atoms with van der Waals surface area (Å²) in [6.07, 6.45) is 2.50. The molecular formula is C17H26O2. The SMILES string of the molecule is CC(C)(C)c1ccc(CC(O)C2CCOCC2)cc1. The molecule has 2 nitrogen and oxygen atoms in total. The fourth-order valence-corrected chi connectivity index (χ4v) is 2.65. The van der Waals surface area contributed by atoms with Crippen LogP contribution in [0.5, 0.6) is 0 Å². The number of hydrogen-bond acceptors (Lipinski definition) is 2. The summed E-state index contributed by atoms with van der Waals surface area (Å²) in [5.41, 5.74) is 2.77. The van der Waals surface area contributed by atoms with E-state index in [1.165, 1.54) is 11.1 Å². The second-order valence-electron chi connectivity index (χ2n) is 6.67. The van der Waals surface area contributed by atoms with Crippen molar-refractivity contribution in [3.8, 4) is 0 Å². The second kappa shape index (κ2) is 6.06. The molecule has 1 unspecified atom stereocenters. The minimum atomic E-state index is -0.232. The average Bonchev–Trinajstić information content (AvgIpc) is 2.39. The van der Waals surface area contributed by atoms with Crippen LogP contribution in [-0.4, -0.2) is 24.4 Å². The van der Waals surface area contributed by atoms with Gasteiger partial charge in [0, 0.05) is 13.2 Å². The van der Waals surface area contributed by atoms with Crippen LogP contribution in [0.4, 0.5) is 0 Å². The van der Waals surface area contributed by atoms with Gasteiger partial charge in [0.1, 0.15) is 0 Å². The van der Waals surface area contributed by atoms with Crippen LogP contribution in [0.3, 0.4) is 0 Å². The van der Waals surface area contributed by atoms with Gasteiger partial charge in [-0.05, 0) is 41.7 Å². The van der Waals surface area contributed by atoms with Crippen molar-refractivity contribution in [2.45, 2.75) is 51.6 Å². The largest absolute Gasteiger partial charge is 0.392 e. The molecule has 1 saturated heterocycles. The summed E-state index contributed by atoms with van der Waals surface area (Å²) in [5.74, 6) is 0.399. The molecule has 0 bridgehead atoms. The molecule has 106 valence electrons. The van der Waals surface area contributed by atoms with Crippen molar-refractivity contribution in [2.24, 2.45) is 5.92 Å². The Kier molecular flexibility index (Phi) is 4.64. The zero-order chi connectivity index (χ0) is 13.9. The maximum Gasteiger partial charge on any atom is 0.0610 e. The molecule has 19 heavy (non-hydrogen) atoms. The molecule has 1 aromatic carbocycles. The van der Waals surface area contributed by atoms with Gasteiger partial charge < -0.3 is 9.84 Å². The Bertz CT molecular complexity index is 383. The summed E-state index contributed by atoms with van der Waals surface area (Å²) >= 11 is 0. The van der Waals surface area contributed by atoms with Gasteiger partial charge in [0.2, 0.25) is 0 Å². The van der Waals surface area contributed by atoms with E-state index < -0.39 is 0 Å². The van der Waals surface area contributed by atoms with Crippen LogP contribution in [0.15, 0.2) is 24.3 Å². The molecule has 2 rings (SSSR count). The predicted octanol–water partition coefficient (Wildman–Crippen LogP) is 3.31. The van der Waals surface area contributed by atoms with Crippen LogP contribution in [-0.2, 0) is 16.6 Å². The third-order valence-electron chi connectivity index (χ3n) is 4.07. The summed E-state index contributed by atoms with van der Waals surface area (Å²) in [5, 5.41) is 10.3. The molecule has 1 aliphatic heterocycles. The highest BCUT2D eigenvalue weighted by Crippen LogP contribution is 2.24. The molecule has 0 amide bonds. The maximum atomic E-state index is 10.3. The van der Waals surface area contributed by atoms with E-state index in [-0.39, 0.29) is 11.5 Å². The Labute approximate surface area is 116 Å². The first-order valence-corrected chi connectivity index (χ1v) is 7.32. The van der Waals surface area contributed by atoms with E-state index in [9.17, 15) is 5.11 Å². The van der Waals surface area contributed by atoms with Crippen molar-refractivity contribution in [1.29, 1.82) is 0 Å². The monoisotopic (exact) mass is 262 g/mol. The molecule has 1 heterocycles. The summed E-state index contributed by atoms with van der Waals surface area (Å²) in [6, 6.07) is 8.68. The lowest BCUT2D eigenvalue weighted by atomic mass is 9.85. The fraction of sp³-hybridized carbons (Fsp3) is 0.647. The van der Waals surface area contributed by atoms with E-state index in [2.05, 4.69) is 45.0 Å². The van der Waals surface area contributed by atoms with Gasteiger partial charge in [0.25, 0.3) is 0 Å². The van der Waals surface area contributed by atoms with Crippen molar-refractivity contribution >= 4 is 0 Å². The van der Waals surface area contributed by atoms with E-state index in [1.807, 2.05) is 0 Å². The van der Waals surface area contributed by atoms with Crippen molar-refractivity contribution in [3.63, 3.8) is 0 Å². The molecule has 0 aliphatic carbocycles. The molecular weight excluding hydrogens is 236 g/mol. The highest BCUT2D eigenvalue weighted by Gasteiger charge is 2.22. The predicted molar refractivity (Wildman–Crippen MR) is 78.4 cm³/mol. The molecule has 1 aliphatic rings. The fourth-order valence-electron chi connectivity index (χ4n) is 2.65. The molecule has 0 saturated carbocycles. The van der Waals surface area contributed by atoms with Crippen LogP contribution in [0.25, 0.3) is 0 Å². The third kappa shape index (κ3) is 4.05.